The Labute approximate surface area is 228 Å². The van der Waals surface area contributed by atoms with Crippen molar-refractivity contribution in [3.8, 4) is 23.0 Å². The van der Waals surface area contributed by atoms with Gasteiger partial charge in [0.1, 0.15) is 17.7 Å². The summed E-state index contributed by atoms with van der Waals surface area (Å²) in [6.07, 6.45) is 4.11. The zero-order chi connectivity index (χ0) is 27.4. The van der Waals surface area contributed by atoms with E-state index in [9.17, 15) is 9.65 Å². The number of hydrogen-bond donors (Lipinski definition) is 3. The second-order valence-electron chi connectivity index (χ2n) is 10.6. The Bertz CT molecular complexity index is 1350. The van der Waals surface area contributed by atoms with Crippen LogP contribution in [0.2, 0.25) is 0 Å². The van der Waals surface area contributed by atoms with Gasteiger partial charge in [-0.1, -0.05) is 12.5 Å². The molecule has 2 fully saturated rings. The van der Waals surface area contributed by atoms with Crippen molar-refractivity contribution < 1.29 is 4.39 Å². The number of halogens is 1. The van der Waals surface area contributed by atoms with Crippen LogP contribution >= 0.6 is 0 Å². The van der Waals surface area contributed by atoms with Crippen molar-refractivity contribution in [3.63, 3.8) is 0 Å². The van der Waals surface area contributed by atoms with Crippen molar-refractivity contribution in [2.24, 2.45) is 22.4 Å². The zero-order valence-electron chi connectivity index (χ0n) is 22.4. The van der Waals surface area contributed by atoms with Crippen LogP contribution in [-0.2, 0) is 0 Å². The fourth-order valence-corrected chi connectivity index (χ4v) is 5.53. The molecule has 1 aliphatic heterocycles. The van der Waals surface area contributed by atoms with Crippen LogP contribution in [0.4, 0.5) is 15.9 Å². The Balaban J connectivity index is 1.39. The predicted octanol–water partition coefficient (Wildman–Crippen LogP) is 3.55. The van der Waals surface area contributed by atoms with Crippen LogP contribution < -0.4 is 21.7 Å². The summed E-state index contributed by atoms with van der Waals surface area (Å²) in [6, 6.07) is 17.0. The second-order valence-corrected chi connectivity index (χ2v) is 10.6. The first-order valence-corrected chi connectivity index (χ1v) is 13.6. The van der Waals surface area contributed by atoms with Gasteiger partial charge in [-0.25, -0.2) is 9.07 Å². The highest BCUT2D eigenvalue weighted by molar-refractivity contribution is 5.75. The van der Waals surface area contributed by atoms with Gasteiger partial charge in [0.05, 0.1) is 23.0 Å². The van der Waals surface area contributed by atoms with Gasteiger partial charge < -0.3 is 26.6 Å². The quantitative estimate of drug-likeness (QED) is 0.316. The highest BCUT2D eigenvalue weighted by atomic mass is 19.1. The van der Waals surface area contributed by atoms with E-state index in [2.05, 4.69) is 51.4 Å². The minimum atomic E-state index is -0.546. The Morgan fingerprint density at radius 1 is 1.08 bits per heavy atom. The molecule has 1 saturated heterocycles. The highest BCUT2D eigenvalue weighted by Gasteiger charge is 2.22. The van der Waals surface area contributed by atoms with Gasteiger partial charge in [0.15, 0.2) is 5.96 Å². The molecular formula is C29H36FN9. The SMILES string of the molecule is CN1CCN(c2ccc(-n3nc(NC[C@H]4CCC[C@H](N=C(N)N)C4)cc3-c3ccc(C#N)c(F)c3)cc2)CC1. The van der Waals surface area contributed by atoms with Crippen LogP contribution in [0.3, 0.4) is 0 Å². The van der Waals surface area contributed by atoms with E-state index >= 15 is 0 Å². The lowest BCUT2D eigenvalue weighted by Gasteiger charge is -2.34. The van der Waals surface area contributed by atoms with E-state index in [-0.39, 0.29) is 17.6 Å². The molecule has 0 amide bonds. The first-order valence-electron chi connectivity index (χ1n) is 13.6. The van der Waals surface area contributed by atoms with Gasteiger partial charge in [-0.15, -0.1) is 5.10 Å². The Morgan fingerprint density at radius 3 is 2.51 bits per heavy atom. The molecular weight excluding hydrogens is 493 g/mol. The van der Waals surface area contributed by atoms with E-state index in [1.165, 1.54) is 17.8 Å². The van der Waals surface area contributed by atoms with E-state index in [1.54, 1.807) is 6.07 Å². The van der Waals surface area contributed by atoms with E-state index in [0.717, 1.165) is 69.8 Å². The van der Waals surface area contributed by atoms with E-state index in [4.69, 9.17) is 16.6 Å². The molecule has 1 saturated carbocycles. The number of hydrogen-bond acceptors (Lipinski definition) is 6. The average molecular weight is 530 g/mol. The van der Waals surface area contributed by atoms with E-state index < -0.39 is 5.82 Å². The van der Waals surface area contributed by atoms with Crippen LogP contribution in [0.15, 0.2) is 53.5 Å². The second kappa shape index (κ2) is 11.7. The molecule has 2 aromatic carbocycles. The third-order valence-corrected chi connectivity index (χ3v) is 7.72. The summed E-state index contributed by atoms with van der Waals surface area (Å²) in [5.41, 5.74) is 14.7. The molecule has 1 aliphatic carbocycles. The lowest BCUT2D eigenvalue weighted by molar-refractivity contribution is 0.313. The van der Waals surface area contributed by atoms with Gasteiger partial charge in [-0.2, -0.15) is 5.26 Å². The predicted molar refractivity (Wildman–Crippen MR) is 153 cm³/mol. The standard InChI is InChI=1S/C29H36FN9/c1-37-11-13-38(14-12-37)24-7-9-25(10-8-24)39-27(21-5-6-22(18-31)26(30)16-21)17-28(36-39)34-19-20-3-2-4-23(15-20)35-29(32)33/h5-10,16-17,20,23H,2-4,11-15,19H2,1H3,(H,34,36)(H4,32,33,35)/t20-,23-/m0/s1. The molecule has 10 heteroatoms. The normalized spacial score (nSPS) is 19.9. The third kappa shape index (κ3) is 6.32. The van der Waals surface area contributed by atoms with Crippen molar-refractivity contribution in [2.75, 3.05) is 50.0 Å². The van der Waals surface area contributed by atoms with E-state index in [1.807, 2.05) is 16.8 Å². The smallest absolute Gasteiger partial charge is 0.186 e. The number of guanidine groups is 1. The number of nitrogens with zero attached hydrogens (tertiary/aromatic N) is 6. The molecule has 2 atom stereocenters. The molecule has 2 aliphatic rings. The van der Waals surface area contributed by atoms with Crippen LogP contribution in [-0.4, -0.2) is 66.5 Å². The molecule has 2 heterocycles. The molecule has 0 unspecified atom stereocenters. The number of anilines is 2. The summed E-state index contributed by atoms with van der Waals surface area (Å²) in [5.74, 6) is 0.735. The van der Waals surface area contributed by atoms with Gasteiger partial charge in [-0.3, -0.25) is 4.99 Å². The average Bonchev–Trinajstić information content (AvgIpc) is 3.37. The number of nitriles is 1. The fraction of sp³-hybridized carbons (Fsp3) is 0.414. The summed E-state index contributed by atoms with van der Waals surface area (Å²) in [5, 5.41) is 17.5. The highest BCUT2D eigenvalue weighted by Crippen LogP contribution is 2.30. The third-order valence-electron chi connectivity index (χ3n) is 7.72. The first-order chi connectivity index (χ1) is 18.9. The molecule has 0 radical (unpaired) electrons. The summed E-state index contributed by atoms with van der Waals surface area (Å²) in [6.45, 7) is 4.81. The maximum atomic E-state index is 14.6. The monoisotopic (exact) mass is 529 g/mol. The van der Waals surface area contributed by atoms with Crippen LogP contribution in [0.1, 0.15) is 31.2 Å². The van der Waals surface area contributed by atoms with Crippen molar-refractivity contribution in [2.45, 2.75) is 31.7 Å². The Morgan fingerprint density at radius 2 is 1.82 bits per heavy atom. The van der Waals surface area contributed by atoms with Gasteiger partial charge >= 0.3 is 0 Å². The lowest BCUT2D eigenvalue weighted by Crippen LogP contribution is -2.44. The largest absolute Gasteiger partial charge is 0.370 e. The Hall–Kier alpha value is -4.10. The molecule has 5 rings (SSSR count). The lowest BCUT2D eigenvalue weighted by atomic mass is 9.86. The molecule has 3 aromatic rings. The number of aliphatic imine (C=N–C) groups is 1. The fourth-order valence-electron chi connectivity index (χ4n) is 5.53. The molecule has 1 aromatic heterocycles. The topological polar surface area (TPSA) is 125 Å². The summed E-state index contributed by atoms with van der Waals surface area (Å²) in [4.78, 5) is 9.09. The molecule has 0 spiro atoms. The van der Waals surface area contributed by atoms with Crippen LogP contribution in [0, 0.1) is 23.1 Å². The van der Waals surface area contributed by atoms with E-state index in [0.29, 0.717) is 17.3 Å². The first kappa shape index (κ1) is 26.5. The number of rotatable bonds is 7. The van der Waals surface area contributed by atoms with Gasteiger partial charge in [0, 0.05) is 50.0 Å². The summed E-state index contributed by atoms with van der Waals surface area (Å²) < 4.78 is 16.4. The van der Waals surface area contributed by atoms with Crippen molar-refractivity contribution in [3.05, 3.63) is 59.9 Å². The minimum absolute atomic E-state index is 0.0207. The van der Waals surface area contributed by atoms with Gasteiger partial charge in [0.2, 0.25) is 0 Å². The Kier molecular flexibility index (Phi) is 7.98. The number of benzene rings is 2. The van der Waals surface area contributed by atoms with Gasteiger partial charge in [0.25, 0.3) is 0 Å². The molecule has 9 nitrogen and oxygen atoms in total. The number of likely N-dealkylation sites (N-methyl/N-ethyl adjacent to an activating group) is 1. The molecule has 0 bridgehead atoms. The number of aromatic nitrogens is 2. The maximum Gasteiger partial charge on any atom is 0.186 e. The number of piperazine rings is 1. The zero-order valence-corrected chi connectivity index (χ0v) is 22.4. The van der Waals surface area contributed by atoms with Crippen LogP contribution in [0.25, 0.3) is 16.9 Å². The summed E-state index contributed by atoms with van der Waals surface area (Å²) >= 11 is 0. The molecule has 5 N–H and O–H groups in total. The molecule has 39 heavy (non-hydrogen) atoms. The number of nitrogens with one attached hydrogen (secondary N) is 1. The molecule has 204 valence electrons. The van der Waals surface area contributed by atoms with Crippen LogP contribution in [0.5, 0.6) is 0 Å². The maximum absolute atomic E-state index is 14.6. The number of nitrogens with two attached hydrogens (primary N) is 2. The van der Waals surface area contributed by atoms with Crippen molar-refractivity contribution in [1.29, 1.82) is 5.26 Å². The van der Waals surface area contributed by atoms with Gasteiger partial charge in [-0.05, 0) is 68.6 Å². The van der Waals surface area contributed by atoms with Crippen molar-refractivity contribution in [1.82, 2.24) is 14.7 Å². The summed E-state index contributed by atoms with van der Waals surface area (Å²) in [7, 11) is 2.15. The minimum Gasteiger partial charge on any atom is -0.370 e. The van der Waals surface area contributed by atoms with Crippen molar-refractivity contribution >= 4 is 17.5 Å².